The van der Waals surface area contributed by atoms with Crippen molar-refractivity contribution >= 4 is 29.1 Å². The largest absolute Gasteiger partial charge is 0.341 e. The molecule has 0 bridgehead atoms. The molecule has 1 aliphatic heterocycles. The normalized spacial score (nSPS) is 19.9. The van der Waals surface area contributed by atoms with Crippen molar-refractivity contribution in [3.63, 3.8) is 0 Å². The van der Waals surface area contributed by atoms with Crippen molar-refractivity contribution in [3.05, 3.63) is 33.8 Å². The van der Waals surface area contributed by atoms with Crippen molar-refractivity contribution < 1.29 is 4.79 Å². The summed E-state index contributed by atoms with van der Waals surface area (Å²) in [7, 11) is 0. The minimum absolute atomic E-state index is 0.0866. The zero-order valence-corrected chi connectivity index (χ0v) is 11.5. The van der Waals surface area contributed by atoms with Gasteiger partial charge in [-0.2, -0.15) is 0 Å². The third-order valence-corrected chi connectivity index (χ3v) is 3.52. The highest BCUT2D eigenvalue weighted by atomic mass is 35.5. The Morgan fingerprint density at radius 1 is 1.33 bits per heavy atom. The maximum Gasteiger partial charge on any atom is 0.227 e. The second kappa shape index (κ2) is 5.91. The van der Waals surface area contributed by atoms with Gasteiger partial charge in [0.1, 0.15) is 0 Å². The van der Waals surface area contributed by atoms with E-state index < -0.39 is 0 Å². The van der Waals surface area contributed by atoms with E-state index in [9.17, 15) is 4.79 Å². The minimum Gasteiger partial charge on any atom is -0.341 e. The number of piperidine rings is 1. The number of hydrogen-bond donors (Lipinski definition) is 1. The van der Waals surface area contributed by atoms with E-state index in [1.54, 1.807) is 18.2 Å². The van der Waals surface area contributed by atoms with Gasteiger partial charge in [0.25, 0.3) is 0 Å². The Morgan fingerprint density at radius 3 is 2.61 bits per heavy atom. The second-order valence-corrected chi connectivity index (χ2v) is 5.57. The average Bonchev–Trinajstić information content (AvgIpc) is 2.27. The van der Waals surface area contributed by atoms with Crippen LogP contribution in [0.15, 0.2) is 18.2 Å². The lowest BCUT2D eigenvalue weighted by Crippen LogP contribution is -2.46. The van der Waals surface area contributed by atoms with E-state index in [0.29, 0.717) is 23.0 Å². The molecule has 2 rings (SSSR count). The van der Waals surface area contributed by atoms with Gasteiger partial charge < -0.3 is 10.6 Å². The first-order chi connectivity index (χ1) is 8.54. The predicted octanol–water partition coefficient (Wildman–Crippen LogP) is 2.49. The summed E-state index contributed by atoms with van der Waals surface area (Å²) in [5.41, 5.74) is 6.71. The lowest BCUT2D eigenvalue weighted by Gasteiger charge is -2.30. The molecule has 1 amide bonds. The van der Waals surface area contributed by atoms with Crippen LogP contribution in [-0.4, -0.2) is 29.9 Å². The Labute approximate surface area is 117 Å². The molecular weight excluding hydrogens is 271 g/mol. The van der Waals surface area contributed by atoms with Crippen LogP contribution in [0.1, 0.15) is 18.4 Å². The van der Waals surface area contributed by atoms with Crippen LogP contribution in [0, 0.1) is 0 Å². The molecule has 0 saturated carbocycles. The molecule has 1 aliphatic rings. The molecule has 1 fully saturated rings. The molecule has 0 aliphatic carbocycles. The van der Waals surface area contributed by atoms with Crippen molar-refractivity contribution in [2.45, 2.75) is 25.3 Å². The predicted molar refractivity (Wildman–Crippen MR) is 74.0 cm³/mol. The third-order valence-electron chi connectivity index (χ3n) is 3.09. The van der Waals surface area contributed by atoms with Crippen molar-refractivity contribution in [2.75, 3.05) is 13.1 Å². The van der Waals surface area contributed by atoms with E-state index in [2.05, 4.69) is 0 Å². The minimum atomic E-state index is 0.0866. The molecule has 0 unspecified atom stereocenters. The van der Waals surface area contributed by atoms with Crippen LogP contribution in [0.4, 0.5) is 0 Å². The van der Waals surface area contributed by atoms with Gasteiger partial charge in [-0.3, -0.25) is 4.79 Å². The number of nitrogens with two attached hydrogens (primary N) is 1. The average molecular weight is 287 g/mol. The van der Waals surface area contributed by atoms with Crippen LogP contribution in [-0.2, 0) is 11.2 Å². The van der Waals surface area contributed by atoms with Crippen LogP contribution in [0.5, 0.6) is 0 Å². The van der Waals surface area contributed by atoms with E-state index in [-0.39, 0.29) is 11.9 Å². The molecule has 1 aromatic rings. The van der Waals surface area contributed by atoms with Gasteiger partial charge in [0.15, 0.2) is 0 Å². The Hall–Kier alpha value is -0.770. The van der Waals surface area contributed by atoms with Gasteiger partial charge in [-0.15, -0.1) is 0 Å². The van der Waals surface area contributed by atoms with Gasteiger partial charge in [-0.1, -0.05) is 23.2 Å². The molecule has 0 radical (unpaired) electrons. The molecule has 2 N–H and O–H groups in total. The number of halogens is 2. The topological polar surface area (TPSA) is 46.3 Å². The highest BCUT2D eigenvalue weighted by molar-refractivity contribution is 6.34. The monoisotopic (exact) mass is 286 g/mol. The van der Waals surface area contributed by atoms with Crippen LogP contribution < -0.4 is 5.73 Å². The number of rotatable bonds is 2. The second-order valence-electron chi connectivity index (χ2n) is 4.70. The lowest BCUT2D eigenvalue weighted by atomic mass is 10.1. The summed E-state index contributed by atoms with van der Waals surface area (Å²) in [5.74, 6) is 0.0866. The third kappa shape index (κ3) is 3.61. The fraction of sp³-hybridized carbons (Fsp3) is 0.462. The first-order valence-corrected chi connectivity index (χ1v) is 6.78. The van der Waals surface area contributed by atoms with Crippen LogP contribution in [0.2, 0.25) is 10.0 Å². The number of hydrogen-bond acceptors (Lipinski definition) is 2. The highest BCUT2D eigenvalue weighted by Crippen LogP contribution is 2.20. The molecule has 0 aromatic heterocycles. The quantitative estimate of drug-likeness (QED) is 0.908. The summed E-state index contributed by atoms with van der Waals surface area (Å²) in [4.78, 5) is 13.9. The Kier molecular flexibility index (Phi) is 4.49. The molecule has 18 heavy (non-hydrogen) atoms. The van der Waals surface area contributed by atoms with Crippen molar-refractivity contribution in [1.29, 1.82) is 0 Å². The van der Waals surface area contributed by atoms with Crippen molar-refractivity contribution in [2.24, 2.45) is 5.73 Å². The maximum atomic E-state index is 12.1. The van der Waals surface area contributed by atoms with Crippen LogP contribution in [0.25, 0.3) is 0 Å². The number of carbonyl (C=O) groups is 1. The standard InChI is InChI=1S/C13H16Cl2N2O/c14-10-4-9(5-11(15)7-10)6-13(18)17-3-1-2-12(16)8-17/h4-5,7,12H,1-3,6,8,16H2/t12-/m0/s1. The summed E-state index contributed by atoms with van der Waals surface area (Å²) < 4.78 is 0. The highest BCUT2D eigenvalue weighted by Gasteiger charge is 2.21. The van der Waals surface area contributed by atoms with Gasteiger partial charge in [-0.05, 0) is 36.6 Å². The molecule has 1 atom stereocenters. The molecule has 1 aromatic carbocycles. The zero-order chi connectivity index (χ0) is 13.1. The Morgan fingerprint density at radius 2 is 2.00 bits per heavy atom. The van der Waals surface area contributed by atoms with E-state index in [1.807, 2.05) is 4.90 Å². The first-order valence-electron chi connectivity index (χ1n) is 6.03. The van der Waals surface area contributed by atoms with Gasteiger partial charge in [0.05, 0.1) is 6.42 Å². The van der Waals surface area contributed by atoms with E-state index >= 15 is 0 Å². The number of amides is 1. The fourth-order valence-corrected chi connectivity index (χ4v) is 2.81. The summed E-state index contributed by atoms with van der Waals surface area (Å²) in [6.45, 7) is 1.44. The number of likely N-dealkylation sites (tertiary alicyclic amines) is 1. The van der Waals surface area contributed by atoms with Crippen LogP contribution >= 0.6 is 23.2 Å². The van der Waals surface area contributed by atoms with Gasteiger partial charge in [-0.25, -0.2) is 0 Å². The summed E-state index contributed by atoms with van der Waals surface area (Å²) >= 11 is 11.8. The van der Waals surface area contributed by atoms with Crippen molar-refractivity contribution in [3.8, 4) is 0 Å². The maximum absolute atomic E-state index is 12.1. The Bertz CT molecular complexity index is 430. The zero-order valence-electron chi connectivity index (χ0n) is 10.0. The molecule has 3 nitrogen and oxygen atoms in total. The SMILES string of the molecule is N[C@H]1CCCN(C(=O)Cc2cc(Cl)cc(Cl)c2)C1. The van der Waals surface area contributed by atoms with Gasteiger partial charge >= 0.3 is 0 Å². The van der Waals surface area contributed by atoms with E-state index in [1.165, 1.54) is 0 Å². The summed E-state index contributed by atoms with van der Waals surface area (Å²) in [6, 6.07) is 5.31. The summed E-state index contributed by atoms with van der Waals surface area (Å²) in [6.07, 6.45) is 2.29. The first kappa shape index (κ1) is 13.7. The summed E-state index contributed by atoms with van der Waals surface area (Å²) in [5, 5.41) is 1.11. The number of nitrogens with zero attached hydrogens (tertiary/aromatic N) is 1. The molecule has 0 spiro atoms. The lowest BCUT2D eigenvalue weighted by molar-refractivity contribution is -0.131. The molecule has 1 heterocycles. The van der Waals surface area contributed by atoms with Gasteiger partial charge in [0.2, 0.25) is 5.91 Å². The molecule has 1 saturated heterocycles. The van der Waals surface area contributed by atoms with E-state index in [4.69, 9.17) is 28.9 Å². The van der Waals surface area contributed by atoms with Crippen LogP contribution in [0.3, 0.4) is 0 Å². The number of carbonyl (C=O) groups excluding carboxylic acids is 1. The Balaban J connectivity index is 2.02. The van der Waals surface area contributed by atoms with E-state index in [0.717, 1.165) is 24.9 Å². The molecule has 98 valence electrons. The number of benzene rings is 1. The smallest absolute Gasteiger partial charge is 0.227 e. The molecular formula is C13H16Cl2N2O. The van der Waals surface area contributed by atoms with Gasteiger partial charge in [0, 0.05) is 29.2 Å². The fourth-order valence-electron chi connectivity index (χ4n) is 2.24. The van der Waals surface area contributed by atoms with Crippen molar-refractivity contribution in [1.82, 2.24) is 4.90 Å². The molecule has 5 heteroatoms.